The second-order valence-corrected chi connectivity index (χ2v) is 3.63. The van der Waals surface area contributed by atoms with Gasteiger partial charge in [0, 0.05) is 18.5 Å². The Morgan fingerprint density at radius 2 is 1.94 bits per heavy atom. The van der Waals surface area contributed by atoms with Gasteiger partial charge in [0.05, 0.1) is 29.0 Å². The Bertz CT molecular complexity index is 493. The van der Waals surface area contributed by atoms with Crippen LogP contribution in [0.25, 0.3) is 0 Å². The second-order valence-electron chi connectivity index (χ2n) is 2.92. The summed E-state index contributed by atoms with van der Waals surface area (Å²) >= 11 is 11.4. The Labute approximate surface area is 102 Å². The Morgan fingerprint density at radius 1 is 1.12 bits per heavy atom. The molecule has 4 nitrogen and oxygen atoms in total. The quantitative estimate of drug-likeness (QED) is 0.792. The normalized spacial score (nSPS) is 10.1. The predicted molar refractivity (Wildman–Crippen MR) is 60.9 cm³/mol. The van der Waals surface area contributed by atoms with Crippen molar-refractivity contribution in [2.75, 3.05) is 0 Å². The van der Waals surface area contributed by atoms with Crippen molar-refractivity contribution in [2.45, 2.75) is 5.88 Å². The maximum absolute atomic E-state index is 5.77. The molecule has 0 amide bonds. The van der Waals surface area contributed by atoms with Gasteiger partial charge in [0.2, 0.25) is 5.88 Å². The van der Waals surface area contributed by atoms with Crippen molar-refractivity contribution in [1.29, 1.82) is 0 Å². The van der Waals surface area contributed by atoms with E-state index >= 15 is 0 Å². The van der Waals surface area contributed by atoms with E-state index in [1.165, 1.54) is 12.4 Å². The maximum Gasteiger partial charge on any atom is 0.238 e. The number of ether oxygens (including phenoxy) is 1. The van der Waals surface area contributed by atoms with Gasteiger partial charge >= 0.3 is 0 Å². The molecule has 0 spiro atoms. The zero-order chi connectivity index (χ0) is 11.4. The molecule has 0 radical (unpaired) electrons. The van der Waals surface area contributed by atoms with Crippen LogP contribution in [0.3, 0.4) is 0 Å². The summed E-state index contributed by atoms with van der Waals surface area (Å²) in [6.45, 7) is 0. The van der Waals surface area contributed by atoms with Crippen molar-refractivity contribution in [1.82, 2.24) is 15.0 Å². The highest BCUT2D eigenvalue weighted by molar-refractivity contribution is 6.30. The second kappa shape index (κ2) is 5.09. The number of halogens is 2. The van der Waals surface area contributed by atoms with Crippen LogP contribution < -0.4 is 4.74 Å². The lowest BCUT2D eigenvalue weighted by molar-refractivity contribution is 0.456. The standard InChI is InChI=1S/C10H7Cl2N3O/c11-2-8-4-14-6-10(15-8)16-9-1-7(12)3-13-5-9/h1,3-6H,2H2. The lowest BCUT2D eigenvalue weighted by Crippen LogP contribution is -1.93. The Morgan fingerprint density at radius 3 is 2.69 bits per heavy atom. The van der Waals surface area contributed by atoms with Crippen molar-refractivity contribution in [3.8, 4) is 11.6 Å². The SMILES string of the molecule is ClCc1cncc(Oc2cncc(Cl)c2)n1. The maximum atomic E-state index is 5.77. The first-order valence-corrected chi connectivity index (χ1v) is 5.34. The molecule has 0 N–H and O–H groups in total. The molecular formula is C10H7Cl2N3O. The summed E-state index contributed by atoms with van der Waals surface area (Å²) in [6.07, 6.45) is 6.14. The summed E-state index contributed by atoms with van der Waals surface area (Å²) in [5, 5.41) is 0.499. The van der Waals surface area contributed by atoms with Crippen molar-refractivity contribution >= 4 is 23.2 Å². The lowest BCUT2D eigenvalue weighted by atomic mass is 10.4. The molecule has 0 atom stereocenters. The van der Waals surface area contributed by atoms with Crippen molar-refractivity contribution in [2.24, 2.45) is 0 Å². The monoisotopic (exact) mass is 255 g/mol. The molecule has 0 fully saturated rings. The largest absolute Gasteiger partial charge is 0.436 e. The summed E-state index contributed by atoms with van der Waals surface area (Å²) in [6, 6.07) is 1.64. The molecule has 0 saturated carbocycles. The molecule has 16 heavy (non-hydrogen) atoms. The molecule has 0 bridgehead atoms. The van der Waals surface area contributed by atoms with Gasteiger partial charge in [0.15, 0.2) is 0 Å². The highest BCUT2D eigenvalue weighted by Gasteiger charge is 2.01. The van der Waals surface area contributed by atoms with Crippen LogP contribution in [0.15, 0.2) is 30.9 Å². The number of nitrogens with zero attached hydrogens (tertiary/aromatic N) is 3. The van der Waals surface area contributed by atoms with Gasteiger partial charge in [0.1, 0.15) is 5.75 Å². The van der Waals surface area contributed by atoms with Crippen LogP contribution in [-0.2, 0) is 5.88 Å². The number of hydrogen-bond donors (Lipinski definition) is 0. The van der Waals surface area contributed by atoms with E-state index in [1.54, 1.807) is 18.5 Å². The van der Waals surface area contributed by atoms with E-state index in [1.807, 2.05) is 0 Å². The van der Waals surface area contributed by atoms with Crippen LogP contribution in [0.1, 0.15) is 5.69 Å². The smallest absolute Gasteiger partial charge is 0.238 e. The highest BCUT2D eigenvalue weighted by Crippen LogP contribution is 2.20. The first kappa shape index (κ1) is 11.1. The van der Waals surface area contributed by atoms with Gasteiger partial charge in [-0.3, -0.25) is 9.97 Å². The van der Waals surface area contributed by atoms with Gasteiger partial charge in [-0.05, 0) is 0 Å². The molecule has 2 aromatic heterocycles. The van der Waals surface area contributed by atoms with Crippen LogP contribution >= 0.6 is 23.2 Å². The van der Waals surface area contributed by atoms with Crippen molar-refractivity contribution in [3.05, 3.63) is 41.6 Å². The third-order valence-corrected chi connectivity index (χ3v) is 2.18. The molecule has 0 aromatic carbocycles. The zero-order valence-electron chi connectivity index (χ0n) is 8.10. The average molecular weight is 256 g/mol. The lowest BCUT2D eigenvalue weighted by Gasteiger charge is -2.04. The molecule has 0 aliphatic carbocycles. The fourth-order valence-electron chi connectivity index (χ4n) is 1.07. The third-order valence-electron chi connectivity index (χ3n) is 1.70. The van der Waals surface area contributed by atoms with E-state index in [9.17, 15) is 0 Å². The first-order valence-electron chi connectivity index (χ1n) is 4.43. The van der Waals surface area contributed by atoms with Crippen LogP contribution in [0, 0.1) is 0 Å². The van der Waals surface area contributed by atoms with E-state index in [4.69, 9.17) is 27.9 Å². The minimum atomic E-state index is 0.290. The van der Waals surface area contributed by atoms with E-state index in [0.29, 0.717) is 22.3 Å². The fraction of sp³-hybridized carbons (Fsp3) is 0.100. The highest BCUT2D eigenvalue weighted by atomic mass is 35.5. The molecule has 0 saturated heterocycles. The third kappa shape index (κ3) is 2.81. The molecule has 0 unspecified atom stereocenters. The molecule has 0 aliphatic rings. The molecule has 2 rings (SSSR count). The first-order chi connectivity index (χ1) is 7.78. The average Bonchev–Trinajstić information content (AvgIpc) is 2.29. The van der Waals surface area contributed by atoms with Gasteiger partial charge < -0.3 is 4.74 Å². The zero-order valence-corrected chi connectivity index (χ0v) is 9.61. The van der Waals surface area contributed by atoms with Crippen LogP contribution in [-0.4, -0.2) is 15.0 Å². The minimum absolute atomic E-state index is 0.290. The summed E-state index contributed by atoms with van der Waals surface area (Å²) in [5.74, 6) is 1.16. The van der Waals surface area contributed by atoms with Gasteiger partial charge in [-0.2, -0.15) is 0 Å². The Kier molecular flexibility index (Phi) is 3.54. The Hall–Kier alpha value is -1.39. The van der Waals surface area contributed by atoms with Crippen molar-refractivity contribution < 1.29 is 4.74 Å². The topological polar surface area (TPSA) is 47.9 Å². The number of pyridine rings is 1. The number of alkyl halides is 1. The summed E-state index contributed by atoms with van der Waals surface area (Å²) < 4.78 is 5.42. The van der Waals surface area contributed by atoms with Gasteiger partial charge in [-0.15, -0.1) is 11.6 Å². The van der Waals surface area contributed by atoms with Gasteiger partial charge in [-0.1, -0.05) is 11.6 Å². The number of aromatic nitrogens is 3. The summed E-state index contributed by atoms with van der Waals surface area (Å²) in [5.41, 5.74) is 0.647. The van der Waals surface area contributed by atoms with Crippen molar-refractivity contribution in [3.63, 3.8) is 0 Å². The molecule has 0 aliphatic heterocycles. The number of rotatable bonds is 3. The van der Waals surface area contributed by atoms with Crippen LogP contribution in [0.2, 0.25) is 5.02 Å². The molecule has 6 heteroatoms. The molecule has 2 aromatic rings. The number of hydrogen-bond acceptors (Lipinski definition) is 4. The van der Waals surface area contributed by atoms with Gasteiger partial charge in [-0.25, -0.2) is 4.98 Å². The van der Waals surface area contributed by atoms with E-state index in [0.717, 1.165) is 0 Å². The summed E-state index contributed by atoms with van der Waals surface area (Å²) in [7, 11) is 0. The molecule has 2 heterocycles. The van der Waals surface area contributed by atoms with Gasteiger partial charge in [0.25, 0.3) is 0 Å². The fourth-order valence-corrected chi connectivity index (χ4v) is 1.36. The van der Waals surface area contributed by atoms with E-state index in [2.05, 4.69) is 15.0 Å². The van der Waals surface area contributed by atoms with Crippen LogP contribution in [0.4, 0.5) is 0 Å². The molecule has 82 valence electrons. The molecular weight excluding hydrogens is 249 g/mol. The summed E-state index contributed by atoms with van der Waals surface area (Å²) in [4.78, 5) is 12.0. The van der Waals surface area contributed by atoms with E-state index in [-0.39, 0.29) is 5.88 Å². The Balaban J connectivity index is 2.20. The predicted octanol–water partition coefficient (Wildman–Crippen LogP) is 3.06. The van der Waals surface area contributed by atoms with E-state index < -0.39 is 0 Å². The minimum Gasteiger partial charge on any atom is -0.436 e. The van der Waals surface area contributed by atoms with Crippen LogP contribution in [0.5, 0.6) is 11.6 Å².